The van der Waals surface area contributed by atoms with E-state index in [1.807, 2.05) is 47.4 Å². The predicted molar refractivity (Wildman–Crippen MR) is 130 cm³/mol. The number of aromatic nitrogens is 1. The van der Waals surface area contributed by atoms with Gasteiger partial charge in [-0.05, 0) is 42.3 Å². The van der Waals surface area contributed by atoms with Crippen LogP contribution in [0, 0.1) is 6.92 Å². The van der Waals surface area contributed by atoms with Crippen molar-refractivity contribution in [1.29, 1.82) is 0 Å². The number of hydrogen-bond acceptors (Lipinski definition) is 1. The van der Waals surface area contributed by atoms with E-state index in [0.717, 1.165) is 44.5 Å². The summed E-state index contributed by atoms with van der Waals surface area (Å²) in [5, 5.41) is 1.14. The summed E-state index contributed by atoms with van der Waals surface area (Å²) in [4.78, 5) is 19.3. The lowest BCUT2D eigenvalue weighted by Crippen LogP contribution is -2.28. The van der Waals surface area contributed by atoms with Crippen LogP contribution in [0.1, 0.15) is 33.1 Å². The van der Waals surface area contributed by atoms with E-state index < -0.39 is 0 Å². The Hall–Kier alpha value is -4.11. The molecular weight excluding hydrogens is 392 g/mol. The maximum Gasteiger partial charge on any atom is 0.259 e. The Morgan fingerprint density at radius 3 is 2.25 bits per heavy atom. The van der Waals surface area contributed by atoms with Crippen molar-refractivity contribution in [2.24, 2.45) is 0 Å². The molecular formula is C29H22N2O. The Labute approximate surface area is 187 Å². The number of carbonyl (C=O) groups is 1. The van der Waals surface area contributed by atoms with Gasteiger partial charge in [0.15, 0.2) is 0 Å². The van der Waals surface area contributed by atoms with Crippen molar-refractivity contribution < 1.29 is 4.79 Å². The van der Waals surface area contributed by atoms with Crippen molar-refractivity contribution in [2.45, 2.75) is 13.0 Å². The molecule has 3 heteroatoms. The maximum absolute atomic E-state index is 13.7. The molecule has 6 rings (SSSR count). The largest absolute Gasteiger partial charge is 0.354 e. The van der Waals surface area contributed by atoms with Crippen LogP contribution in [-0.4, -0.2) is 10.9 Å². The number of aryl methyl sites for hydroxylation is 1. The summed E-state index contributed by atoms with van der Waals surface area (Å²) in [6.07, 6.45) is 0. The summed E-state index contributed by atoms with van der Waals surface area (Å²) in [7, 11) is 0. The second-order valence-electron chi connectivity index (χ2n) is 8.33. The van der Waals surface area contributed by atoms with Gasteiger partial charge in [-0.2, -0.15) is 0 Å². The third kappa shape index (κ3) is 2.78. The highest BCUT2D eigenvalue weighted by Gasteiger charge is 2.40. The average Bonchev–Trinajstić information content (AvgIpc) is 3.36. The zero-order valence-corrected chi connectivity index (χ0v) is 17.7. The second-order valence-corrected chi connectivity index (χ2v) is 8.33. The van der Waals surface area contributed by atoms with Crippen LogP contribution in [0.15, 0.2) is 103 Å². The average molecular weight is 415 g/mol. The lowest BCUT2D eigenvalue weighted by Gasteiger charge is -2.27. The quantitative estimate of drug-likeness (QED) is 0.343. The molecule has 0 aliphatic carbocycles. The zero-order valence-electron chi connectivity index (χ0n) is 17.7. The molecule has 1 atom stereocenters. The number of fused-ring (bicyclic) bond motifs is 2. The van der Waals surface area contributed by atoms with E-state index in [0.29, 0.717) is 0 Å². The molecule has 32 heavy (non-hydrogen) atoms. The first-order valence-electron chi connectivity index (χ1n) is 10.9. The second kappa shape index (κ2) is 7.24. The fourth-order valence-corrected chi connectivity index (χ4v) is 4.85. The summed E-state index contributed by atoms with van der Waals surface area (Å²) in [6.45, 7) is 2.06. The van der Waals surface area contributed by atoms with Crippen molar-refractivity contribution in [3.05, 3.63) is 125 Å². The number of benzene rings is 4. The van der Waals surface area contributed by atoms with Gasteiger partial charge < -0.3 is 4.98 Å². The Morgan fingerprint density at radius 1 is 0.750 bits per heavy atom. The minimum atomic E-state index is -0.215. The van der Waals surface area contributed by atoms with Gasteiger partial charge >= 0.3 is 0 Å². The number of amides is 1. The smallest absolute Gasteiger partial charge is 0.259 e. The number of rotatable bonds is 3. The van der Waals surface area contributed by atoms with E-state index in [4.69, 9.17) is 0 Å². The summed E-state index contributed by atoms with van der Waals surface area (Å²) < 4.78 is 0. The topological polar surface area (TPSA) is 36.1 Å². The zero-order chi connectivity index (χ0) is 21.7. The van der Waals surface area contributed by atoms with Crippen molar-refractivity contribution in [3.8, 4) is 11.3 Å². The van der Waals surface area contributed by atoms with E-state index in [-0.39, 0.29) is 11.9 Å². The summed E-state index contributed by atoms with van der Waals surface area (Å²) in [6, 6.07) is 34.7. The van der Waals surface area contributed by atoms with E-state index >= 15 is 0 Å². The van der Waals surface area contributed by atoms with Gasteiger partial charge in [0, 0.05) is 27.7 Å². The highest BCUT2D eigenvalue weighted by Crippen LogP contribution is 2.47. The number of carbonyl (C=O) groups excluding carboxylic acids is 1. The predicted octanol–water partition coefficient (Wildman–Crippen LogP) is 6.89. The van der Waals surface area contributed by atoms with Crippen molar-refractivity contribution in [2.75, 3.05) is 4.90 Å². The van der Waals surface area contributed by atoms with Gasteiger partial charge in [0.2, 0.25) is 0 Å². The Kier molecular flexibility index (Phi) is 4.22. The minimum Gasteiger partial charge on any atom is -0.354 e. The number of hydrogen-bond donors (Lipinski definition) is 1. The molecule has 0 bridgehead atoms. The van der Waals surface area contributed by atoms with Crippen LogP contribution in [0.25, 0.3) is 22.2 Å². The lowest BCUT2D eigenvalue weighted by atomic mass is 9.93. The van der Waals surface area contributed by atoms with Crippen LogP contribution in [0.4, 0.5) is 5.69 Å². The molecule has 1 aliphatic heterocycles. The molecule has 3 nitrogen and oxygen atoms in total. The molecule has 0 saturated carbocycles. The highest BCUT2D eigenvalue weighted by atomic mass is 16.2. The number of nitrogens with one attached hydrogen (secondary N) is 1. The normalized spacial score (nSPS) is 15.3. The monoisotopic (exact) mass is 414 g/mol. The van der Waals surface area contributed by atoms with Crippen molar-refractivity contribution in [3.63, 3.8) is 0 Å². The fraction of sp³-hybridized carbons (Fsp3) is 0.0690. The molecule has 0 spiro atoms. The van der Waals surface area contributed by atoms with E-state index in [1.165, 1.54) is 5.56 Å². The van der Waals surface area contributed by atoms with E-state index in [9.17, 15) is 4.79 Å². The van der Waals surface area contributed by atoms with E-state index in [1.54, 1.807) is 0 Å². The molecule has 0 saturated heterocycles. The van der Waals surface area contributed by atoms with Gasteiger partial charge in [-0.15, -0.1) is 0 Å². The van der Waals surface area contributed by atoms with Gasteiger partial charge in [-0.1, -0.05) is 84.4 Å². The van der Waals surface area contributed by atoms with Gasteiger partial charge in [0.25, 0.3) is 5.91 Å². The SMILES string of the molecule is Cc1ccc(N2C(=O)c3ccccc3[C@@H]2c2c(-c3ccccc3)[nH]c3ccccc23)cc1. The Morgan fingerprint density at radius 2 is 1.44 bits per heavy atom. The van der Waals surface area contributed by atoms with Gasteiger partial charge in [0.1, 0.15) is 0 Å². The molecule has 1 amide bonds. The molecule has 154 valence electrons. The molecule has 2 heterocycles. The maximum atomic E-state index is 13.7. The third-order valence-electron chi connectivity index (χ3n) is 6.36. The molecule has 0 unspecified atom stereocenters. The first-order valence-corrected chi connectivity index (χ1v) is 10.9. The number of aromatic amines is 1. The summed E-state index contributed by atoms with van der Waals surface area (Å²) in [5.74, 6) is 0.0405. The number of anilines is 1. The van der Waals surface area contributed by atoms with E-state index in [2.05, 4.69) is 72.6 Å². The molecule has 1 aliphatic rings. The standard InChI is InChI=1S/C29H22N2O/c1-19-15-17-21(18-16-19)31-28(22-11-5-6-12-23(22)29(31)32)26-24-13-7-8-14-25(24)30-27(26)20-9-3-2-4-10-20/h2-18,28,30H,1H3/t28-/m1/s1. The number of para-hydroxylation sites is 1. The molecule has 0 fully saturated rings. The van der Waals surface area contributed by atoms with Crippen LogP contribution in [0.5, 0.6) is 0 Å². The van der Waals surface area contributed by atoms with Gasteiger partial charge in [-0.25, -0.2) is 0 Å². The molecule has 4 aromatic carbocycles. The molecule has 0 radical (unpaired) electrons. The minimum absolute atomic E-state index is 0.0405. The van der Waals surface area contributed by atoms with Crippen molar-refractivity contribution in [1.82, 2.24) is 4.98 Å². The Balaban J connectivity index is 1.67. The molecule has 1 N–H and O–H groups in total. The molecule has 5 aromatic rings. The van der Waals surface area contributed by atoms with Crippen LogP contribution in [0.2, 0.25) is 0 Å². The number of H-pyrrole nitrogens is 1. The summed E-state index contributed by atoms with van der Waals surface area (Å²) in [5.41, 5.74) is 8.26. The third-order valence-corrected chi connectivity index (χ3v) is 6.36. The van der Waals surface area contributed by atoms with Gasteiger partial charge in [-0.3, -0.25) is 9.69 Å². The lowest BCUT2D eigenvalue weighted by molar-refractivity contribution is 0.0993. The highest BCUT2D eigenvalue weighted by molar-refractivity contribution is 6.13. The first kappa shape index (κ1) is 18.6. The van der Waals surface area contributed by atoms with Crippen LogP contribution in [0.3, 0.4) is 0 Å². The van der Waals surface area contributed by atoms with Gasteiger partial charge in [0.05, 0.1) is 11.7 Å². The van der Waals surface area contributed by atoms with Crippen LogP contribution >= 0.6 is 0 Å². The summed E-state index contributed by atoms with van der Waals surface area (Å²) >= 11 is 0. The first-order chi connectivity index (χ1) is 15.7. The fourth-order valence-electron chi connectivity index (χ4n) is 4.85. The van der Waals surface area contributed by atoms with Crippen LogP contribution in [-0.2, 0) is 0 Å². The van der Waals surface area contributed by atoms with Crippen LogP contribution < -0.4 is 4.90 Å². The molecule has 1 aromatic heterocycles. The Bertz CT molecular complexity index is 1450. The van der Waals surface area contributed by atoms with Crippen molar-refractivity contribution >= 4 is 22.5 Å². The number of nitrogens with zero attached hydrogens (tertiary/aromatic N) is 1.